The Hall–Kier alpha value is -0.740. The van der Waals surface area contributed by atoms with Crippen LogP contribution in [0.15, 0.2) is 11.6 Å². The Labute approximate surface area is 328 Å². The van der Waals surface area contributed by atoms with Gasteiger partial charge in [0.15, 0.2) is 12.6 Å². The molecule has 0 radical (unpaired) electrons. The topological polar surface area (TPSA) is 199 Å². The van der Waals surface area contributed by atoms with Crippen LogP contribution < -0.4 is 0 Å². The van der Waals surface area contributed by atoms with E-state index >= 15 is 0 Å². The average molecular weight is 783 g/mol. The molecule has 0 aromatic heterocycles. The molecule has 0 bridgehead atoms. The van der Waals surface area contributed by atoms with Crippen LogP contribution in [0.3, 0.4) is 0 Å². The second-order valence-corrected chi connectivity index (χ2v) is 20.3. The van der Waals surface area contributed by atoms with Gasteiger partial charge in [0.25, 0.3) is 0 Å². The predicted molar refractivity (Wildman–Crippen MR) is 204 cm³/mol. The second-order valence-electron chi connectivity index (χ2n) is 20.3. The number of hydrogen-bond donors (Lipinski definition) is 8. The average Bonchev–Trinajstić information content (AvgIpc) is 3.48. The molecule has 0 spiro atoms. The van der Waals surface area contributed by atoms with E-state index in [9.17, 15) is 40.9 Å². The first kappa shape index (κ1) is 43.8. The standard InChI is InChI=1S/C43H74O12/c1-39(2)32-13-17-43(7)33(11-10-29-28(12-16-42(29,43)6)24(20-44)8-9-25(21-45)40(3,4)51)41(32,5)15-14-34(39)54-38-36(31(49)19-27(23-47)53-38)55-37-35(50)30(48)18-26(22-46)52-37/h8,25-38,44-51H,9-23H2,1-7H3/b24-8+/t25?,26-,27-,28?,29+,30-,31-,32?,33?,34-,35+,36+,37-,38-,41-,42+,43+/m0/s1. The molecule has 8 N–H and O–H groups in total. The normalized spacial score (nSPS) is 48.1. The summed E-state index contributed by atoms with van der Waals surface area (Å²) in [6.07, 6.45) is 2.39. The molecule has 0 aromatic carbocycles. The van der Waals surface area contributed by atoms with E-state index in [0.29, 0.717) is 30.1 Å². The van der Waals surface area contributed by atoms with Crippen LogP contribution in [-0.2, 0) is 18.9 Å². The lowest BCUT2D eigenvalue weighted by Gasteiger charge is -2.70. The number of allylic oxidation sites excluding steroid dienone is 1. The monoisotopic (exact) mass is 783 g/mol. The summed E-state index contributed by atoms with van der Waals surface area (Å²) in [4.78, 5) is 0. The molecule has 6 aliphatic rings. The molecule has 6 fully saturated rings. The van der Waals surface area contributed by atoms with Crippen LogP contribution in [0.4, 0.5) is 0 Å². The summed E-state index contributed by atoms with van der Waals surface area (Å²) >= 11 is 0. The van der Waals surface area contributed by atoms with Crippen molar-refractivity contribution in [2.75, 3.05) is 26.4 Å². The maximum absolute atomic E-state index is 11.3. The first-order valence-corrected chi connectivity index (χ1v) is 21.3. The quantitative estimate of drug-likeness (QED) is 0.106. The number of aliphatic hydroxyl groups excluding tert-OH is 7. The molecule has 4 aliphatic carbocycles. The van der Waals surface area contributed by atoms with Crippen molar-refractivity contribution < 1.29 is 59.8 Å². The van der Waals surface area contributed by atoms with E-state index < -0.39 is 54.8 Å². The molecule has 2 heterocycles. The van der Waals surface area contributed by atoms with Crippen LogP contribution in [0.2, 0.25) is 0 Å². The van der Waals surface area contributed by atoms with Gasteiger partial charge in [-0.2, -0.15) is 0 Å². The van der Waals surface area contributed by atoms with Crippen LogP contribution in [0.25, 0.3) is 0 Å². The van der Waals surface area contributed by atoms with Crippen LogP contribution in [0, 0.1) is 51.2 Å². The predicted octanol–water partition coefficient (Wildman–Crippen LogP) is 3.43. The lowest BCUT2D eigenvalue weighted by molar-refractivity contribution is -0.359. The molecular formula is C43H74O12. The highest BCUT2D eigenvalue weighted by Crippen LogP contribution is 2.75. The molecule has 318 valence electrons. The Morgan fingerprint density at radius 1 is 0.764 bits per heavy atom. The summed E-state index contributed by atoms with van der Waals surface area (Å²) in [5.74, 6) is 1.32. The first-order valence-electron chi connectivity index (χ1n) is 21.3. The lowest BCUT2D eigenvalue weighted by Crippen LogP contribution is -2.65. The molecular weight excluding hydrogens is 708 g/mol. The lowest BCUT2D eigenvalue weighted by atomic mass is 9.35. The van der Waals surface area contributed by atoms with E-state index in [1.807, 2.05) is 0 Å². The molecule has 4 saturated carbocycles. The van der Waals surface area contributed by atoms with Crippen molar-refractivity contribution in [1.29, 1.82) is 0 Å². The van der Waals surface area contributed by atoms with Gasteiger partial charge in [-0.05, 0) is 123 Å². The van der Waals surface area contributed by atoms with E-state index in [0.717, 1.165) is 56.9 Å². The molecule has 12 nitrogen and oxygen atoms in total. The molecule has 0 aromatic rings. The maximum Gasteiger partial charge on any atom is 0.187 e. The summed E-state index contributed by atoms with van der Waals surface area (Å²) < 4.78 is 25.0. The third-order valence-electron chi connectivity index (χ3n) is 16.9. The summed E-state index contributed by atoms with van der Waals surface area (Å²) in [5, 5.41) is 83.4. The van der Waals surface area contributed by atoms with E-state index in [1.54, 1.807) is 13.8 Å². The van der Waals surface area contributed by atoms with E-state index in [2.05, 4.69) is 40.7 Å². The molecule has 17 atom stereocenters. The number of aliphatic hydroxyl groups is 8. The molecule has 0 amide bonds. The largest absolute Gasteiger partial charge is 0.396 e. The van der Waals surface area contributed by atoms with Crippen LogP contribution >= 0.6 is 0 Å². The number of hydrogen-bond acceptors (Lipinski definition) is 12. The van der Waals surface area contributed by atoms with Gasteiger partial charge >= 0.3 is 0 Å². The summed E-state index contributed by atoms with van der Waals surface area (Å²) in [7, 11) is 0. The molecule has 12 heteroatoms. The van der Waals surface area contributed by atoms with Crippen molar-refractivity contribution in [1.82, 2.24) is 0 Å². The smallest absolute Gasteiger partial charge is 0.187 e. The molecule has 4 unspecified atom stereocenters. The third-order valence-corrected chi connectivity index (χ3v) is 16.9. The van der Waals surface area contributed by atoms with Crippen LogP contribution in [0.5, 0.6) is 0 Å². The SMILES string of the molecule is CC(C)(O)C(CO)C/C=C(\CO)C1CC[C@]2(C)[C@@H]1CCC1[C@@]3(C)CC[C@H](O[C@@H]4O[C@H](CO)C[C@H](O)[C@H]4O[C@@H]4O[C@H](CO)C[C@H](O)[C@H]4O)C(C)(C)C3CC[C@]12C. The fourth-order valence-corrected chi connectivity index (χ4v) is 13.4. The van der Waals surface area contributed by atoms with Gasteiger partial charge in [0.2, 0.25) is 0 Å². The van der Waals surface area contributed by atoms with Gasteiger partial charge in [0.1, 0.15) is 12.2 Å². The van der Waals surface area contributed by atoms with E-state index in [4.69, 9.17) is 18.9 Å². The second kappa shape index (κ2) is 16.4. The Bertz CT molecular complexity index is 1330. The van der Waals surface area contributed by atoms with Crippen LogP contribution in [-0.4, -0.2) is 128 Å². The van der Waals surface area contributed by atoms with Gasteiger partial charge in [-0.15, -0.1) is 0 Å². The van der Waals surface area contributed by atoms with E-state index in [1.165, 1.54) is 0 Å². The third kappa shape index (κ3) is 7.76. The van der Waals surface area contributed by atoms with Crippen molar-refractivity contribution in [2.45, 2.75) is 180 Å². The minimum Gasteiger partial charge on any atom is -0.396 e. The Balaban J connectivity index is 1.19. The highest BCUT2D eigenvalue weighted by molar-refractivity contribution is 5.22. The molecule has 2 aliphatic heterocycles. The Morgan fingerprint density at radius 3 is 2.02 bits per heavy atom. The maximum atomic E-state index is 11.3. The highest BCUT2D eigenvalue weighted by Gasteiger charge is 2.69. The van der Waals surface area contributed by atoms with Gasteiger partial charge in [-0.25, -0.2) is 0 Å². The van der Waals surface area contributed by atoms with Gasteiger partial charge in [-0.3, -0.25) is 0 Å². The Kier molecular flexibility index (Phi) is 13.0. The van der Waals surface area contributed by atoms with E-state index in [-0.39, 0.29) is 73.0 Å². The fourth-order valence-electron chi connectivity index (χ4n) is 13.4. The first-order chi connectivity index (χ1) is 25.8. The van der Waals surface area contributed by atoms with Crippen molar-refractivity contribution in [3.05, 3.63) is 11.6 Å². The zero-order valence-corrected chi connectivity index (χ0v) is 34.5. The van der Waals surface area contributed by atoms with Gasteiger partial charge in [-0.1, -0.05) is 40.7 Å². The number of rotatable bonds is 12. The highest BCUT2D eigenvalue weighted by atomic mass is 16.8. The van der Waals surface area contributed by atoms with Crippen molar-refractivity contribution in [3.63, 3.8) is 0 Å². The van der Waals surface area contributed by atoms with Crippen molar-refractivity contribution in [3.8, 4) is 0 Å². The minimum absolute atomic E-state index is 0.00282. The summed E-state index contributed by atoms with van der Waals surface area (Å²) in [5.41, 5.74) is 0.0700. The van der Waals surface area contributed by atoms with Gasteiger partial charge in [0.05, 0.1) is 55.9 Å². The Morgan fingerprint density at radius 2 is 1.40 bits per heavy atom. The number of fused-ring (bicyclic) bond motifs is 5. The zero-order valence-electron chi connectivity index (χ0n) is 34.5. The van der Waals surface area contributed by atoms with Crippen molar-refractivity contribution >= 4 is 0 Å². The molecule has 2 saturated heterocycles. The molecule has 6 rings (SSSR count). The van der Waals surface area contributed by atoms with Crippen LogP contribution in [0.1, 0.15) is 119 Å². The van der Waals surface area contributed by atoms with Gasteiger partial charge < -0.3 is 59.8 Å². The number of ether oxygens (including phenoxy) is 4. The minimum atomic E-state index is -1.38. The summed E-state index contributed by atoms with van der Waals surface area (Å²) in [6, 6.07) is 0. The summed E-state index contributed by atoms with van der Waals surface area (Å²) in [6.45, 7) is 14.9. The fraction of sp³-hybridized carbons (Fsp3) is 0.953. The van der Waals surface area contributed by atoms with Gasteiger partial charge in [0, 0.05) is 25.4 Å². The van der Waals surface area contributed by atoms with Crippen molar-refractivity contribution in [2.24, 2.45) is 51.2 Å². The zero-order chi connectivity index (χ0) is 40.3. The molecule has 55 heavy (non-hydrogen) atoms.